The summed E-state index contributed by atoms with van der Waals surface area (Å²) < 4.78 is 4.86. The predicted octanol–water partition coefficient (Wildman–Crippen LogP) is 3.51. The predicted molar refractivity (Wildman–Crippen MR) is 69.5 cm³/mol. The lowest BCUT2D eigenvalue weighted by Crippen LogP contribution is -2.08. The molecule has 1 heterocycles. The van der Waals surface area contributed by atoms with Gasteiger partial charge in [0.2, 0.25) is 5.88 Å². The summed E-state index contributed by atoms with van der Waals surface area (Å²) in [5.41, 5.74) is 9.21. The third kappa shape index (κ3) is 2.87. The maximum Gasteiger partial charge on any atom is 0.229 e. The van der Waals surface area contributed by atoms with Gasteiger partial charge >= 0.3 is 0 Å². The van der Waals surface area contributed by atoms with Crippen molar-refractivity contribution in [1.82, 2.24) is 5.16 Å². The van der Waals surface area contributed by atoms with Gasteiger partial charge in [-0.05, 0) is 23.0 Å². The van der Waals surface area contributed by atoms with Crippen molar-refractivity contribution in [2.24, 2.45) is 5.41 Å². The van der Waals surface area contributed by atoms with Crippen molar-refractivity contribution in [1.29, 1.82) is 0 Å². The molecule has 1 aromatic heterocycles. The van der Waals surface area contributed by atoms with Crippen LogP contribution in [0.2, 0.25) is 0 Å². The van der Waals surface area contributed by atoms with E-state index in [2.05, 4.69) is 50.2 Å². The van der Waals surface area contributed by atoms with Crippen molar-refractivity contribution >= 4 is 5.88 Å². The fourth-order valence-corrected chi connectivity index (χ4v) is 1.88. The standard InChI is InChI=1S/C14H18N2O/c1-14(2,3)8-10-4-6-11(7-5-10)12-9-16-17-13(12)15/h4-7,9H,8,15H2,1-3H3. The molecule has 0 amide bonds. The molecule has 0 radical (unpaired) electrons. The molecule has 0 aliphatic carbocycles. The van der Waals surface area contributed by atoms with Crippen LogP contribution < -0.4 is 5.73 Å². The van der Waals surface area contributed by atoms with Crippen LogP contribution in [0.25, 0.3) is 11.1 Å². The molecule has 0 spiro atoms. The van der Waals surface area contributed by atoms with E-state index < -0.39 is 0 Å². The Morgan fingerprint density at radius 1 is 1.18 bits per heavy atom. The van der Waals surface area contributed by atoms with Gasteiger partial charge in [-0.1, -0.05) is 50.2 Å². The first-order valence-corrected chi connectivity index (χ1v) is 5.75. The van der Waals surface area contributed by atoms with Gasteiger partial charge in [0.05, 0.1) is 11.8 Å². The summed E-state index contributed by atoms with van der Waals surface area (Å²) in [6.07, 6.45) is 2.71. The molecule has 1 aromatic carbocycles. The van der Waals surface area contributed by atoms with Crippen LogP contribution in [0, 0.1) is 5.41 Å². The largest absolute Gasteiger partial charge is 0.367 e. The zero-order chi connectivity index (χ0) is 12.5. The number of hydrogen-bond donors (Lipinski definition) is 1. The Morgan fingerprint density at radius 3 is 2.29 bits per heavy atom. The van der Waals surface area contributed by atoms with Crippen LogP contribution in [0.4, 0.5) is 5.88 Å². The van der Waals surface area contributed by atoms with E-state index in [0.717, 1.165) is 17.5 Å². The molecule has 3 nitrogen and oxygen atoms in total. The van der Waals surface area contributed by atoms with Crippen LogP contribution in [0.5, 0.6) is 0 Å². The SMILES string of the molecule is CC(C)(C)Cc1ccc(-c2cnoc2N)cc1. The van der Waals surface area contributed by atoms with Gasteiger partial charge < -0.3 is 10.3 Å². The van der Waals surface area contributed by atoms with Crippen LogP contribution >= 0.6 is 0 Å². The molecule has 0 aliphatic rings. The fraction of sp³-hybridized carbons (Fsp3) is 0.357. The third-order valence-corrected chi connectivity index (χ3v) is 2.60. The molecule has 90 valence electrons. The van der Waals surface area contributed by atoms with Crippen molar-refractivity contribution in [3.63, 3.8) is 0 Å². The van der Waals surface area contributed by atoms with Crippen LogP contribution in [-0.2, 0) is 6.42 Å². The number of anilines is 1. The second-order valence-corrected chi connectivity index (χ2v) is 5.54. The molecule has 0 aliphatic heterocycles. The Bertz CT molecular complexity index is 492. The highest BCUT2D eigenvalue weighted by molar-refractivity contribution is 5.71. The highest BCUT2D eigenvalue weighted by Gasteiger charge is 2.12. The summed E-state index contributed by atoms with van der Waals surface area (Å²) >= 11 is 0. The van der Waals surface area contributed by atoms with E-state index >= 15 is 0 Å². The van der Waals surface area contributed by atoms with E-state index in [1.54, 1.807) is 6.20 Å². The van der Waals surface area contributed by atoms with E-state index in [-0.39, 0.29) is 0 Å². The number of benzene rings is 1. The van der Waals surface area contributed by atoms with Gasteiger partial charge in [0.15, 0.2) is 0 Å². The van der Waals surface area contributed by atoms with Gasteiger partial charge in [0.1, 0.15) is 0 Å². The summed E-state index contributed by atoms with van der Waals surface area (Å²) in [5, 5.41) is 3.68. The second kappa shape index (κ2) is 4.24. The van der Waals surface area contributed by atoms with Crippen molar-refractivity contribution in [2.45, 2.75) is 27.2 Å². The molecule has 0 unspecified atom stereocenters. The minimum Gasteiger partial charge on any atom is -0.367 e. The topological polar surface area (TPSA) is 52.0 Å². The maximum atomic E-state index is 5.68. The zero-order valence-corrected chi connectivity index (χ0v) is 10.5. The van der Waals surface area contributed by atoms with Crippen molar-refractivity contribution in [3.8, 4) is 11.1 Å². The van der Waals surface area contributed by atoms with Gasteiger partial charge in [0.25, 0.3) is 0 Å². The highest BCUT2D eigenvalue weighted by atomic mass is 16.5. The van der Waals surface area contributed by atoms with E-state index in [1.807, 2.05) is 0 Å². The highest BCUT2D eigenvalue weighted by Crippen LogP contribution is 2.27. The van der Waals surface area contributed by atoms with Gasteiger partial charge in [-0.15, -0.1) is 0 Å². The number of rotatable bonds is 2. The fourth-order valence-electron chi connectivity index (χ4n) is 1.88. The summed E-state index contributed by atoms with van der Waals surface area (Å²) in [6.45, 7) is 6.71. The monoisotopic (exact) mass is 230 g/mol. The van der Waals surface area contributed by atoms with Crippen molar-refractivity contribution in [2.75, 3.05) is 5.73 Å². The Balaban J connectivity index is 2.22. The lowest BCUT2D eigenvalue weighted by atomic mass is 9.88. The smallest absolute Gasteiger partial charge is 0.229 e. The first-order chi connectivity index (χ1) is 7.96. The van der Waals surface area contributed by atoms with Crippen molar-refractivity contribution < 1.29 is 4.52 Å². The Kier molecular flexibility index (Phi) is 2.92. The van der Waals surface area contributed by atoms with Crippen LogP contribution in [0.1, 0.15) is 26.3 Å². The first kappa shape index (κ1) is 11.7. The van der Waals surface area contributed by atoms with Gasteiger partial charge in [-0.3, -0.25) is 0 Å². The Morgan fingerprint density at radius 2 is 1.82 bits per heavy atom. The van der Waals surface area contributed by atoms with E-state index in [9.17, 15) is 0 Å². The lowest BCUT2D eigenvalue weighted by molar-refractivity contribution is 0.411. The van der Waals surface area contributed by atoms with E-state index in [4.69, 9.17) is 10.3 Å². The molecular formula is C14H18N2O. The summed E-state index contributed by atoms with van der Waals surface area (Å²) in [7, 11) is 0. The summed E-state index contributed by atoms with van der Waals surface area (Å²) in [5.74, 6) is 0.369. The molecule has 0 atom stereocenters. The van der Waals surface area contributed by atoms with Crippen molar-refractivity contribution in [3.05, 3.63) is 36.0 Å². The molecule has 0 fully saturated rings. The quantitative estimate of drug-likeness (QED) is 0.858. The molecular weight excluding hydrogens is 212 g/mol. The summed E-state index contributed by atoms with van der Waals surface area (Å²) in [4.78, 5) is 0. The lowest BCUT2D eigenvalue weighted by Gasteiger charge is -2.18. The molecule has 17 heavy (non-hydrogen) atoms. The number of aromatic nitrogens is 1. The van der Waals surface area contributed by atoms with Gasteiger partial charge in [-0.2, -0.15) is 0 Å². The van der Waals surface area contributed by atoms with Gasteiger partial charge in [0, 0.05) is 0 Å². The zero-order valence-electron chi connectivity index (χ0n) is 10.5. The van der Waals surface area contributed by atoms with Crippen LogP contribution in [-0.4, -0.2) is 5.16 Å². The number of nitrogens with two attached hydrogens (primary N) is 1. The van der Waals surface area contributed by atoms with E-state index in [0.29, 0.717) is 11.3 Å². The van der Waals surface area contributed by atoms with E-state index in [1.165, 1.54) is 5.56 Å². The normalized spacial score (nSPS) is 11.7. The minimum atomic E-state index is 0.303. The van der Waals surface area contributed by atoms with Crippen LogP contribution in [0.3, 0.4) is 0 Å². The second-order valence-electron chi connectivity index (χ2n) is 5.54. The molecule has 3 heteroatoms. The number of nitrogens with zero attached hydrogens (tertiary/aromatic N) is 1. The maximum absolute atomic E-state index is 5.68. The van der Waals surface area contributed by atoms with Gasteiger partial charge in [-0.25, -0.2) is 0 Å². The average Bonchev–Trinajstić information content (AvgIpc) is 2.63. The third-order valence-electron chi connectivity index (χ3n) is 2.60. The Hall–Kier alpha value is -1.77. The molecule has 0 saturated carbocycles. The summed E-state index contributed by atoms with van der Waals surface area (Å²) in [6, 6.07) is 8.38. The molecule has 0 saturated heterocycles. The first-order valence-electron chi connectivity index (χ1n) is 5.75. The number of nitrogen functional groups attached to an aromatic ring is 1. The number of hydrogen-bond acceptors (Lipinski definition) is 3. The Labute approximate surface area is 102 Å². The molecule has 2 aromatic rings. The average molecular weight is 230 g/mol. The van der Waals surface area contributed by atoms with Crippen LogP contribution in [0.15, 0.2) is 35.0 Å². The molecule has 2 rings (SSSR count). The molecule has 0 bridgehead atoms. The molecule has 2 N–H and O–H groups in total. The minimum absolute atomic E-state index is 0.303.